The summed E-state index contributed by atoms with van der Waals surface area (Å²) in [5, 5.41) is 3.54. The van der Waals surface area contributed by atoms with Crippen LogP contribution in [0.2, 0.25) is 0 Å². The predicted octanol–water partition coefficient (Wildman–Crippen LogP) is 3.06. The average Bonchev–Trinajstić information content (AvgIpc) is 2.72. The minimum Gasteiger partial charge on any atom is -0.310 e. The lowest BCUT2D eigenvalue weighted by molar-refractivity contribution is 0.534. The molecule has 1 nitrogen and oxygen atoms in total. The maximum absolute atomic E-state index is 3.54. The van der Waals surface area contributed by atoms with E-state index in [0.29, 0.717) is 6.04 Å². The molecule has 1 N–H and O–H groups in total. The summed E-state index contributed by atoms with van der Waals surface area (Å²) in [6, 6.07) is 7.60. The maximum Gasteiger partial charge on any atom is 0.0208 e. The zero-order chi connectivity index (χ0) is 10.7. The zero-order valence-corrected chi connectivity index (χ0v) is 9.84. The summed E-state index contributed by atoms with van der Waals surface area (Å²) < 4.78 is 0. The predicted molar refractivity (Wildman–Crippen MR) is 65.1 cm³/mol. The molecule has 1 aliphatic rings. The van der Waals surface area contributed by atoms with Gasteiger partial charge >= 0.3 is 0 Å². The van der Waals surface area contributed by atoms with Crippen LogP contribution in [0.3, 0.4) is 0 Å². The first-order chi connectivity index (χ1) is 7.29. The number of aryl methyl sites for hydroxylation is 2. The summed E-state index contributed by atoms with van der Waals surface area (Å²) in [5.41, 5.74) is 4.59. The van der Waals surface area contributed by atoms with E-state index in [2.05, 4.69) is 37.4 Å². The minimum absolute atomic E-state index is 0.623. The van der Waals surface area contributed by atoms with E-state index in [0.717, 1.165) is 6.54 Å². The van der Waals surface area contributed by atoms with Gasteiger partial charge in [-0.3, -0.25) is 0 Å². The van der Waals surface area contributed by atoms with Gasteiger partial charge in [0.15, 0.2) is 0 Å². The molecule has 2 rings (SSSR count). The van der Waals surface area contributed by atoms with E-state index in [-0.39, 0.29) is 0 Å². The van der Waals surface area contributed by atoms with Crippen LogP contribution in [0.4, 0.5) is 0 Å². The largest absolute Gasteiger partial charge is 0.310 e. The van der Waals surface area contributed by atoms with Crippen molar-refractivity contribution in [1.82, 2.24) is 5.32 Å². The SMILES string of the molecule is CCC(C)NCc1ccc2c(c1)CCC2. The molecule has 0 saturated heterocycles. The average molecular weight is 203 g/mol. The van der Waals surface area contributed by atoms with Crippen molar-refractivity contribution >= 4 is 0 Å². The van der Waals surface area contributed by atoms with Gasteiger partial charge in [-0.2, -0.15) is 0 Å². The highest BCUT2D eigenvalue weighted by Gasteiger charge is 2.10. The molecule has 0 spiro atoms. The Morgan fingerprint density at radius 2 is 2.07 bits per heavy atom. The topological polar surface area (TPSA) is 12.0 Å². The molecule has 0 bridgehead atoms. The van der Waals surface area contributed by atoms with E-state index in [4.69, 9.17) is 0 Å². The normalized spacial score (nSPS) is 16.4. The van der Waals surface area contributed by atoms with Crippen LogP contribution >= 0.6 is 0 Å². The van der Waals surface area contributed by atoms with Gasteiger partial charge in [0.05, 0.1) is 0 Å². The van der Waals surface area contributed by atoms with Gasteiger partial charge in [-0.1, -0.05) is 25.1 Å². The van der Waals surface area contributed by atoms with Gasteiger partial charge in [0, 0.05) is 12.6 Å². The highest BCUT2D eigenvalue weighted by molar-refractivity contribution is 5.35. The molecule has 1 aromatic rings. The molecular weight excluding hydrogens is 182 g/mol. The second-order valence-electron chi connectivity index (χ2n) is 4.65. The van der Waals surface area contributed by atoms with Gasteiger partial charge in [-0.25, -0.2) is 0 Å². The molecule has 1 atom stereocenters. The van der Waals surface area contributed by atoms with Crippen molar-refractivity contribution < 1.29 is 0 Å². The fraction of sp³-hybridized carbons (Fsp3) is 0.571. The Balaban J connectivity index is 1.98. The molecule has 0 radical (unpaired) electrons. The minimum atomic E-state index is 0.623. The fourth-order valence-corrected chi connectivity index (χ4v) is 2.17. The standard InChI is InChI=1S/C14H21N/c1-3-11(2)15-10-12-7-8-13-5-4-6-14(13)9-12/h7-9,11,15H,3-6,10H2,1-2H3. The monoisotopic (exact) mass is 203 g/mol. The van der Waals surface area contributed by atoms with Crippen LogP contribution in [-0.4, -0.2) is 6.04 Å². The molecule has 0 fully saturated rings. The van der Waals surface area contributed by atoms with Gasteiger partial charge < -0.3 is 5.32 Å². The summed E-state index contributed by atoms with van der Waals surface area (Å²) in [4.78, 5) is 0. The highest BCUT2D eigenvalue weighted by Crippen LogP contribution is 2.22. The Hall–Kier alpha value is -0.820. The molecule has 0 heterocycles. The van der Waals surface area contributed by atoms with Crippen molar-refractivity contribution in [2.75, 3.05) is 0 Å². The number of rotatable bonds is 4. The third-order valence-electron chi connectivity index (χ3n) is 3.43. The first-order valence-corrected chi connectivity index (χ1v) is 6.13. The summed E-state index contributed by atoms with van der Waals surface area (Å²) >= 11 is 0. The third-order valence-corrected chi connectivity index (χ3v) is 3.43. The number of hydrogen-bond acceptors (Lipinski definition) is 1. The number of hydrogen-bond donors (Lipinski definition) is 1. The molecule has 0 aromatic heterocycles. The Labute approximate surface area is 92.9 Å². The van der Waals surface area contributed by atoms with Gasteiger partial charge in [0.25, 0.3) is 0 Å². The number of benzene rings is 1. The molecular formula is C14H21N. The summed E-state index contributed by atoms with van der Waals surface area (Å²) in [6.45, 7) is 5.48. The van der Waals surface area contributed by atoms with Crippen LogP contribution in [0, 0.1) is 0 Å². The van der Waals surface area contributed by atoms with E-state index in [9.17, 15) is 0 Å². The van der Waals surface area contributed by atoms with Gasteiger partial charge in [0.1, 0.15) is 0 Å². The molecule has 0 amide bonds. The molecule has 0 saturated carbocycles. The summed E-state index contributed by atoms with van der Waals surface area (Å²) in [5.74, 6) is 0. The molecule has 82 valence electrons. The Bertz CT molecular complexity index is 330. The summed E-state index contributed by atoms with van der Waals surface area (Å²) in [6.07, 6.45) is 5.11. The number of nitrogens with one attached hydrogen (secondary N) is 1. The smallest absolute Gasteiger partial charge is 0.0208 e. The lowest BCUT2D eigenvalue weighted by Crippen LogP contribution is -2.24. The van der Waals surface area contributed by atoms with Gasteiger partial charge in [-0.05, 0) is 49.3 Å². The quantitative estimate of drug-likeness (QED) is 0.793. The van der Waals surface area contributed by atoms with Crippen LogP contribution in [0.25, 0.3) is 0 Å². The Morgan fingerprint density at radius 3 is 2.87 bits per heavy atom. The van der Waals surface area contributed by atoms with Crippen molar-refractivity contribution in [3.05, 3.63) is 34.9 Å². The van der Waals surface area contributed by atoms with Gasteiger partial charge in [-0.15, -0.1) is 0 Å². The fourth-order valence-electron chi connectivity index (χ4n) is 2.17. The second-order valence-corrected chi connectivity index (χ2v) is 4.65. The van der Waals surface area contributed by atoms with Crippen molar-refractivity contribution in [1.29, 1.82) is 0 Å². The first kappa shape index (κ1) is 10.7. The molecule has 1 aromatic carbocycles. The van der Waals surface area contributed by atoms with Crippen molar-refractivity contribution in [2.45, 2.75) is 52.1 Å². The van der Waals surface area contributed by atoms with Crippen molar-refractivity contribution in [3.63, 3.8) is 0 Å². The van der Waals surface area contributed by atoms with Crippen LogP contribution in [-0.2, 0) is 19.4 Å². The Kier molecular flexibility index (Phi) is 3.42. The van der Waals surface area contributed by atoms with Gasteiger partial charge in [0.2, 0.25) is 0 Å². The second kappa shape index (κ2) is 4.80. The van der Waals surface area contributed by atoms with E-state index < -0.39 is 0 Å². The zero-order valence-electron chi connectivity index (χ0n) is 9.84. The molecule has 1 aliphatic carbocycles. The first-order valence-electron chi connectivity index (χ1n) is 6.13. The molecule has 15 heavy (non-hydrogen) atoms. The van der Waals surface area contributed by atoms with Crippen LogP contribution in [0.1, 0.15) is 43.4 Å². The lowest BCUT2D eigenvalue weighted by atomic mass is 10.1. The molecule has 0 aliphatic heterocycles. The third kappa shape index (κ3) is 2.60. The lowest BCUT2D eigenvalue weighted by Gasteiger charge is -2.12. The van der Waals surface area contributed by atoms with Crippen molar-refractivity contribution in [3.8, 4) is 0 Å². The van der Waals surface area contributed by atoms with Crippen LogP contribution in [0.5, 0.6) is 0 Å². The summed E-state index contributed by atoms with van der Waals surface area (Å²) in [7, 11) is 0. The van der Waals surface area contributed by atoms with Crippen LogP contribution in [0.15, 0.2) is 18.2 Å². The van der Waals surface area contributed by atoms with Crippen molar-refractivity contribution in [2.24, 2.45) is 0 Å². The van der Waals surface area contributed by atoms with E-state index >= 15 is 0 Å². The van der Waals surface area contributed by atoms with Crippen LogP contribution < -0.4 is 5.32 Å². The van der Waals surface area contributed by atoms with E-state index in [1.807, 2.05) is 0 Å². The molecule has 1 unspecified atom stereocenters. The van der Waals surface area contributed by atoms with E-state index in [1.165, 1.54) is 31.2 Å². The number of fused-ring (bicyclic) bond motifs is 1. The van der Waals surface area contributed by atoms with E-state index in [1.54, 1.807) is 11.1 Å². The Morgan fingerprint density at radius 1 is 1.27 bits per heavy atom. The maximum atomic E-state index is 3.54. The highest BCUT2D eigenvalue weighted by atomic mass is 14.9. The molecule has 1 heteroatoms.